The summed E-state index contributed by atoms with van der Waals surface area (Å²) in [5.41, 5.74) is 4.55. The molecule has 0 aliphatic carbocycles. The first-order valence-corrected chi connectivity index (χ1v) is 12.4. The van der Waals surface area contributed by atoms with Crippen LogP contribution in [0.4, 0.5) is 29.1 Å². The lowest BCUT2D eigenvalue weighted by molar-refractivity contribution is 0.102. The minimum absolute atomic E-state index is 0.232. The molecule has 0 bridgehead atoms. The van der Waals surface area contributed by atoms with Gasteiger partial charge in [0.15, 0.2) is 0 Å². The summed E-state index contributed by atoms with van der Waals surface area (Å²) < 4.78 is 0. The number of anilines is 5. The zero-order valence-electron chi connectivity index (χ0n) is 20.9. The van der Waals surface area contributed by atoms with Crippen molar-refractivity contribution < 1.29 is 4.79 Å². The van der Waals surface area contributed by atoms with Crippen LogP contribution in [0.1, 0.15) is 34.2 Å². The van der Waals surface area contributed by atoms with Crippen molar-refractivity contribution in [3.8, 4) is 0 Å². The molecular formula is C30H27N7O. The van der Waals surface area contributed by atoms with Crippen molar-refractivity contribution >= 4 is 35.0 Å². The molecule has 0 fully saturated rings. The molecule has 3 aromatic carbocycles. The third kappa shape index (κ3) is 6.55. The van der Waals surface area contributed by atoms with Crippen LogP contribution in [0.2, 0.25) is 0 Å². The van der Waals surface area contributed by atoms with Crippen LogP contribution in [-0.4, -0.2) is 25.8 Å². The van der Waals surface area contributed by atoms with Crippen molar-refractivity contribution in [2.45, 2.75) is 19.8 Å². The summed E-state index contributed by atoms with van der Waals surface area (Å²) in [6, 6.07) is 31.3. The fraction of sp³-hybridized carbons (Fsp3) is 0.100. The Bertz CT molecular complexity index is 1490. The number of aryl methyl sites for hydroxylation is 1. The second-order valence-corrected chi connectivity index (χ2v) is 8.61. The van der Waals surface area contributed by atoms with E-state index in [9.17, 15) is 4.79 Å². The molecular weight excluding hydrogens is 474 g/mol. The average molecular weight is 502 g/mol. The monoisotopic (exact) mass is 501 g/mol. The predicted molar refractivity (Wildman–Crippen MR) is 150 cm³/mol. The van der Waals surface area contributed by atoms with E-state index in [4.69, 9.17) is 0 Å². The van der Waals surface area contributed by atoms with Crippen molar-refractivity contribution in [3.63, 3.8) is 0 Å². The Hall–Kier alpha value is -5.11. The standard InChI is InChI=1S/C30H27N7O/c1-2-26-34-29(33-25-16-13-22(14-17-25)19-21-9-5-3-6-10-21)37-30(35-26)36-27-18-15-23(20-31-27)28(38)32-24-11-7-4-8-12-24/h3-18,20H,2,19H2,1H3,(H,32,38)(H2,31,33,34,35,36,37). The molecule has 0 radical (unpaired) electrons. The van der Waals surface area contributed by atoms with Gasteiger partial charge >= 0.3 is 0 Å². The zero-order valence-corrected chi connectivity index (χ0v) is 20.9. The average Bonchev–Trinajstić information content (AvgIpc) is 2.95. The van der Waals surface area contributed by atoms with Crippen LogP contribution in [0.5, 0.6) is 0 Å². The number of para-hydroxylation sites is 1. The molecule has 0 aliphatic rings. The largest absolute Gasteiger partial charge is 0.324 e. The summed E-state index contributed by atoms with van der Waals surface area (Å²) in [7, 11) is 0. The van der Waals surface area contributed by atoms with Crippen LogP contribution >= 0.6 is 0 Å². The fourth-order valence-electron chi connectivity index (χ4n) is 3.80. The molecule has 0 aliphatic heterocycles. The van der Waals surface area contributed by atoms with E-state index >= 15 is 0 Å². The molecule has 0 saturated carbocycles. The van der Waals surface area contributed by atoms with E-state index in [-0.39, 0.29) is 5.91 Å². The molecule has 0 spiro atoms. The van der Waals surface area contributed by atoms with Gasteiger partial charge < -0.3 is 16.0 Å². The summed E-state index contributed by atoms with van der Waals surface area (Å²) in [6.07, 6.45) is 3.03. The first kappa shape index (κ1) is 24.6. The molecule has 2 heterocycles. The van der Waals surface area contributed by atoms with Crippen molar-refractivity contribution in [2.24, 2.45) is 0 Å². The number of rotatable bonds is 9. The fourth-order valence-corrected chi connectivity index (χ4v) is 3.80. The number of nitrogens with zero attached hydrogens (tertiary/aromatic N) is 4. The van der Waals surface area contributed by atoms with Gasteiger partial charge in [-0.25, -0.2) is 4.98 Å². The number of hydrogen-bond acceptors (Lipinski definition) is 7. The normalized spacial score (nSPS) is 10.6. The highest BCUT2D eigenvalue weighted by Gasteiger charge is 2.10. The van der Waals surface area contributed by atoms with Crippen molar-refractivity contribution in [1.82, 2.24) is 19.9 Å². The molecule has 1 amide bonds. The van der Waals surface area contributed by atoms with Gasteiger partial charge in [0.1, 0.15) is 11.6 Å². The number of benzene rings is 3. The van der Waals surface area contributed by atoms with Crippen LogP contribution in [0.3, 0.4) is 0 Å². The maximum absolute atomic E-state index is 12.5. The topological polar surface area (TPSA) is 105 Å². The molecule has 5 rings (SSSR count). The molecule has 0 atom stereocenters. The lowest BCUT2D eigenvalue weighted by atomic mass is 10.1. The summed E-state index contributed by atoms with van der Waals surface area (Å²) in [6.45, 7) is 1.99. The van der Waals surface area contributed by atoms with E-state index in [1.54, 1.807) is 12.1 Å². The van der Waals surface area contributed by atoms with Crippen molar-refractivity contribution in [1.29, 1.82) is 0 Å². The number of hydrogen-bond donors (Lipinski definition) is 3. The molecule has 5 aromatic rings. The van der Waals surface area contributed by atoms with E-state index in [1.165, 1.54) is 17.3 Å². The number of pyridine rings is 1. The highest BCUT2D eigenvalue weighted by molar-refractivity contribution is 6.04. The Morgan fingerprint density at radius 3 is 2.00 bits per heavy atom. The van der Waals surface area contributed by atoms with Crippen LogP contribution < -0.4 is 16.0 Å². The highest BCUT2D eigenvalue weighted by Crippen LogP contribution is 2.19. The Morgan fingerprint density at radius 2 is 1.34 bits per heavy atom. The quantitative estimate of drug-likeness (QED) is 0.222. The van der Waals surface area contributed by atoms with Crippen molar-refractivity contribution in [3.05, 3.63) is 126 Å². The zero-order chi connectivity index (χ0) is 26.2. The maximum Gasteiger partial charge on any atom is 0.257 e. The SMILES string of the molecule is CCc1nc(Nc2ccc(Cc3ccccc3)cc2)nc(Nc2ccc(C(=O)Nc3ccccc3)cn2)n1. The lowest BCUT2D eigenvalue weighted by Gasteiger charge is -2.10. The maximum atomic E-state index is 12.5. The molecule has 0 saturated heterocycles. The second-order valence-electron chi connectivity index (χ2n) is 8.61. The molecule has 188 valence electrons. The first-order valence-electron chi connectivity index (χ1n) is 12.4. The Morgan fingerprint density at radius 1 is 0.684 bits per heavy atom. The van der Waals surface area contributed by atoms with Gasteiger partial charge in [-0.1, -0.05) is 67.6 Å². The van der Waals surface area contributed by atoms with Crippen LogP contribution in [0.25, 0.3) is 0 Å². The predicted octanol–water partition coefficient (Wildman–Crippen LogP) is 6.16. The number of aromatic nitrogens is 4. The van der Waals surface area contributed by atoms with Gasteiger partial charge in [0.2, 0.25) is 11.9 Å². The smallest absolute Gasteiger partial charge is 0.257 e. The van der Waals surface area contributed by atoms with Gasteiger partial charge in [-0.3, -0.25) is 4.79 Å². The summed E-state index contributed by atoms with van der Waals surface area (Å²) >= 11 is 0. The van der Waals surface area contributed by atoms with Gasteiger partial charge in [-0.05, 0) is 53.9 Å². The van der Waals surface area contributed by atoms with Crippen molar-refractivity contribution in [2.75, 3.05) is 16.0 Å². The molecule has 8 nitrogen and oxygen atoms in total. The summed E-state index contributed by atoms with van der Waals surface area (Å²) in [5, 5.41) is 9.23. The van der Waals surface area contributed by atoms with Crippen LogP contribution in [-0.2, 0) is 12.8 Å². The van der Waals surface area contributed by atoms with E-state index < -0.39 is 0 Å². The third-order valence-corrected chi connectivity index (χ3v) is 5.76. The second kappa shape index (κ2) is 11.7. The molecule has 8 heteroatoms. The number of nitrogens with one attached hydrogen (secondary N) is 3. The number of amides is 1. The van der Waals surface area contributed by atoms with E-state index in [2.05, 4.69) is 72.3 Å². The van der Waals surface area contributed by atoms with Gasteiger partial charge in [-0.15, -0.1) is 0 Å². The van der Waals surface area contributed by atoms with Crippen LogP contribution in [0, 0.1) is 0 Å². The number of carbonyl (C=O) groups is 1. The molecule has 2 aromatic heterocycles. The van der Waals surface area contributed by atoms with E-state index in [1.807, 2.05) is 55.5 Å². The minimum atomic E-state index is -0.232. The van der Waals surface area contributed by atoms with Gasteiger partial charge in [-0.2, -0.15) is 15.0 Å². The summed E-state index contributed by atoms with van der Waals surface area (Å²) in [4.78, 5) is 30.3. The Labute approximate surface area is 221 Å². The summed E-state index contributed by atoms with van der Waals surface area (Å²) in [5.74, 6) is 1.74. The van der Waals surface area contributed by atoms with Gasteiger partial charge in [0.25, 0.3) is 5.91 Å². The highest BCUT2D eigenvalue weighted by atomic mass is 16.1. The van der Waals surface area contributed by atoms with E-state index in [0.29, 0.717) is 35.5 Å². The Balaban J connectivity index is 1.25. The molecule has 3 N–H and O–H groups in total. The van der Waals surface area contributed by atoms with Crippen LogP contribution in [0.15, 0.2) is 103 Å². The van der Waals surface area contributed by atoms with E-state index in [0.717, 1.165) is 17.8 Å². The number of carbonyl (C=O) groups excluding carboxylic acids is 1. The molecule has 38 heavy (non-hydrogen) atoms. The van der Waals surface area contributed by atoms with Gasteiger partial charge in [0.05, 0.1) is 5.56 Å². The first-order chi connectivity index (χ1) is 18.6. The van der Waals surface area contributed by atoms with Gasteiger partial charge in [0, 0.05) is 24.0 Å². The third-order valence-electron chi connectivity index (χ3n) is 5.76. The minimum Gasteiger partial charge on any atom is -0.324 e. The Kier molecular flexibility index (Phi) is 7.60. The lowest BCUT2D eigenvalue weighted by Crippen LogP contribution is -2.12. The molecule has 0 unspecified atom stereocenters.